The molecule has 1 aliphatic rings. The van der Waals surface area contributed by atoms with E-state index in [2.05, 4.69) is 27.4 Å². The highest BCUT2D eigenvalue weighted by Crippen LogP contribution is 2.42. The maximum absolute atomic E-state index is 13.2. The number of tetrazole rings is 1. The van der Waals surface area contributed by atoms with E-state index in [0.29, 0.717) is 10.7 Å². The molecule has 2 heterocycles. The molecule has 0 saturated carbocycles. The van der Waals surface area contributed by atoms with Crippen molar-refractivity contribution in [3.63, 3.8) is 0 Å². The molecule has 1 fully saturated rings. The lowest BCUT2D eigenvalue weighted by molar-refractivity contribution is -0.162. The van der Waals surface area contributed by atoms with E-state index in [1.807, 2.05) is 30.3 Å². The number of β-lactam (4-membered cyclic amide) rings is 1. The number of halogens is 3. The molecule has 1 aliphatic heterocycles. The lowest BCUT2D eigenvalue weighted by Gasteiger charge is -2.49. The van der Waals surface area contributed by atoms with Crippen molar-refractivity contribution in [1.82, 2.24) is 30.4 Å². The minimum Gasteiger partial charge on any atom is -0.459 e. The van der Waals surface area contributed by atoms with Crippen LogP contribution >= 0.6 is 56.4 Å². The fraction of sp³-hybridized carbons (Fsp3) is 0.400. The molecule has 10 nitrogen and oxygen atoms in total. The summed E-state index contributed by atoms with van der Waals surface area (Å²) in [6.07, 6.45) is 0.0948. The summed E-state index contributed by atoms with van der Waals surface area (Å²) in [6.45, 7) is 4.90. The Morgan fingerprint density at radius 2 is 1.97 bits per heavy atom. The van der Waals surface area contributed by atoms with Crippen molar-refractivity contribution in [3.05, 3.63) is 48.0 Å². The monoisotopic (exact) mass is 578 g/mol. The number of ether oxygens (including phenoxy) is 1. The zero-order valence-electron chi connectivity index (χ0n) is 18.6. The molecule has 0 radical (unpaired) electrons. The first-order valence-corrected chi connectivity index (χ1v) is 13.4. The minimum absolute atomic E-state index is 0.0948. The Balaban J connectivity index is 1.78. The summed E-state index contributed by atoms with van der Waals surface area (Å²) < 4.78 is 4.76. The van der Waals surface area contributed by atoms with Gasteiger partial charge in [0.15, 0.2) is 6.04 Å². The van der Waals surface area contributed by atoms with Crippen LogP contribution < -0.4 is 5.32 Å². The quantitative estimate of drug-likeness (QED) is 0.149. The van der Waals surface area contributed by atoms with Crippen LogP contribution in [0.3, 0.4) is 0 Å². The Kier molecular flexibility index (Phi) is 9.33. The molecule has 1 N–H and O–H groups in total. The summed E-state index contributed by atoms with van der Waals surface area (Å²) >= 11 is 17.1. The Morgan fingerprint density at radius 1 is 1.29 bits per heavy atom. The molecule has 2 amide bonds. The van der Waals surface area contributed by atoms with Crippen LogP contribution in [0.15, 0.2) is 47.6 Å². The lowest BCUT2D eigenvalue weighted by Crippen LogP contribution is -2.73. The van der Waals surface area contributed by atoms with E-state index in [1.165, 1.54) is 31.2 Å². The number of nitrogens with one attached hydrogen (secondary N) is 1. The van der Waals surface area contributed by atoms with Crippen molar-refractivity contribution >= 4 is 74.2 Å². The number of hydrogen-bond donors (Lipinski definition) is 1. The molecule has 3 rings (SSSR count). The maximum atomic E-state index is 13.2. The molecule has 0 spiro atoms. The average molecular weight is 580 g/mol. The first-order valence-electron chi connectivity index (χ1n) is 10.1. The van der Waals surface area contributed by atoms with Crippen molar-refractivity contribution in [3.8, 4) is 0 Å². The van der Waals surface area contributed by atoms with Gasteiger partial charge < -0.3 is 15.0 Å². The molecule has 3 unspecified atom stereocenters. The summed E-state index contributed by atoms with van der Waals surface area (Å²) in [5.74, 6) is -1.61. The molecule has 15 heteroatoms. The highest BCUT2D eigenvalue weighted by Gasteiger charge is 2.54. The molecule has 1 saturated heterocycles. The summed E-state index contributed by atoms with van der Waals surface area (Å²) in [5, 5.41) is 13.8. The number of carbonyl (C=O) groups excluding carboxylic acids is 3. The van der Waals surface area contributed by atoms with Crippen molar-refractivity contribution in [2.75, 3.05) is 6.61 Å². The Labute approximate surface area is 224 Å². The highest BCUT2D eigenvalue weighted by molar-refractivity contribution is 8.76. The zero-order valence-corrected chi connectivity index (χ0v) is 22.5. The smallest absolute Gasteiger partial charge is 0.333 e. The first-order chi connectivity index (χ1) is 16.5. The van der Waals surface area contributed by atoms with Gasteiger partial charge in [0.2, 0.25) is 20.8 Å². The average Bonchev–Trinajstić information content (AvgIpc) is 3.20. The van der Waals surface area contributed by atoms with Gasteiger partial charge in [-0.2, -0.15) is 0 Å². The number of likely N-dealkylation sites (tertiary alicyclic amines) is 1. The second kappa shape index (κ2) is 11.8. The van der Waals surface area contributed by atoms with Crippen LogP contribution in [0.25, 0.3) is 0 Å². The summed E-state index contributed by atoms with van der Waals surface area (Å²) in [4.78, 5) is 39.9. The number of amides is 2. The number of esters is 1. The number of aryl methyl sites for hydroxylation is 1. The SMILES string of the molecule is C=C(C)C(C(=O)OCC(Cl)(Cl)Cl)N1C(=O)C(NC(=O)Cc2ccccc2)C1SSc1nnnn1C. The summed E-state index contributed by atoms with van der Waals surface area (Å²) in [5.41, 5.74) is 1.14. The van der Waals surface area contributed by atoms with Gasteiger partial charge in [-0.25, -0.2) is 9.48 Å². The predicted octanol–water partition coefficient (Wildman–Crippen LogP) is 2.70. The van der Waals surface area contributed by atoms with Gasteiger partial charge in [-0.05, 0) is 39.3 Å². The van der Waals surface area contributed by atoms with Crippen LogP contribution in [-0.2, 0) is 32.6 Å². The van der Waals surface area contributed by atoms with E-state index in [4.69, 9.17) is 39.5 Å². The highest BCUT2D eigenvalue weighted by atomic mass is 35.6. The van der Waals surface area contributed by atoms with Crippen LogP contribution in [-0.4, -0.2) is 70.7 Å². The third kappa shape index (κ3) is 7.26. The Bertz CT molecular complexity index is 1100. The van der Waals surface area contributed by atoms with E-state index >= 15 is 0 Å². The third-order valence-electron chi connectivity index (χ3n) is 4.75. The standard InChI is InChI=1S/C20H21Cl3N6O4S2/c1-11(2)15(18(32)33-10-20(21,22)23)29-16(31)14(17(29)34-35-19-25-26-27-28(19)3)24-13(30)9-12-7-5-4-6-8-12/h4-8,14-15,17H,1,9-10H2,2-3H3,(H,24,30). The molecule has 35 heavy (non-hydrogen) atoms. The molecular weight excluding hydrogens is 559 g/mol. The number of alkyl halides is 3. The molecule has 3 atom stereocenters. The number of aromatic nitrogens is 4. The Morgan fingerprint density at radius 3 is 2.54 bits per heavy atom. The van der Waals surface area contributed by atoms with E-state index in [1.54, 1.807) is 14.0 Å². The van der Waals surface area contributed by atoms with E-state index in [0.717, 1.165) is 5.56 Å². The van der Waals surface area contributed by atoms with Crippen molar-refractivity contribution in [2.24, 2.45) is 7.05 Å². The van der Waals surface area contributed by atoms with Gasteiger partial charge >= 0.3 is 5.97 Å². The van der Waals surface area contributed by atoms with Gasteiger partial charge in [0, 0.05) is 7.05 Å². The van der Waals surface area contributed by atoms with Gasteiger partial charge in [0.05, 0.1) is 6.42 Å². The van der Waals surface area contributed by atoms with Gasteiger partial charge in [-0.1, -0.05) is 82.5 Å². The molecule has 0 bridgehead atoms. The largest absolute Gasteiger partial charge is 0.459 e. The van der Waals surface area contributed by atoms with Gasteiger partial charge in [-0.3, -0.25) is 9.59 Å². The van der Waals surface area contributed by atoms with Crippen molar-refractivity contribution in [1.29, 1.82) is 0 Å². The lowest BCUT2D eigenvalue weighted by atomic mass is 9.99. The zero-order chi connectivity index (χ0) is 25.8. The molecule has 2 aromatic rings. The maximum Gasteiger partial charge on any atom is 0.333 e. The number of rotatable bonds is 10. The fourth-order valence-corrected chi connectivity index (χ4v) is 5.94. The van der Waals surface area contributed by atoms with E-state index in [-0.39, 0.29) is 12.3 Å². The van der Waals surface area contributed by atoms with Crippen LogP contribution in [0.2, 0.25) is 0 Å². The molecule has 1 aromatic carbocycles. The Hall–Kier alpha value is -1.99. The molecule has 188 valence electrons. The summed E-state index contributed by atoms with van der Waals surface area (Å²) in [7, 11) is 4.06. The second-order valence-corrected chi connectivity index (χ2v) is 12.4. The van der Waals surface area contributed by atoms with Crippen LogP contribution in [0.1, 0.15) is 12.5 Å². The van der Waals surface area contributed by atoms with Crippen LogP contribution in [0.5, 0.6) is 0 Å². The number of carbonyl (C=O) groups is 3. The van der Waals surface area contributed by atoms with Crippen LogP contribution in [0.4, 0.5) is 0 Å². The minimum atomic E-state index is -1.82. The van der Waals surface area contributed by atoms with Gasteiger partial charge in [0.25, 0.3) is 0 Å². The van der Waals surface area contributed by atoms with Gasteiger partial charge in [-0.15, -0.1) is 5.10 Å². The molecule has 0 aliphatic carbocycles. The topological polar surface area (TPSA) is 119 Å². The summed E-state index contributed by atoms with van der Waals surface area (Å²) in [6, 6.07) is 7.08. The third-order valence-corrected chi connectivity index (χ3v) is 7.70. The van der Waals surface area contributed by atoms with Crippen molar-refractivity contribution in [2.45, 2.75) is 39.8 Å². The first kappa shape index (κ1) is 27.6. The molecule has 1 aromatic heterocycles. The normalized spacial score (nSPS) is 18.5. The number of hydrogen-bond acceptors (Lipinski definition) is 9. The number of nitrogens with zero attached hydrogens (tertiary/aromatic N) is 5. The number of benzene rings is 1. The molecular formula is C20H21Cl3N6O4S2. The van der Waals surface area contributed by atoms with Crippen LogP contribution in [0, 0.1) is 0 Å². The van der Waals surface area contributed by atoms with E-state index in [9.17, 15) is 14.4 Å². The van der Waals surface area contributed by atoms with E-state index < -0.39 is 39.7 Å². The van der Waals surface area contributed by atoms with Crippen molar-refractivity contribution < 1.29 is 19.1 Å². The van der Waals surface area contributed by atoms with Gasteiger partial charge in [0.1, 0.15) is 18.0 Å². The fourth-order valence-electron chi connectivity index (χ4n) is 3.17. The predicted molar refractivity (Wildman–Crippen MR) is 135 cm³/mol. The second-order valence-electron chi connectivity index (χ2n) is 7.58.